The van der Waals surface area contributed by atoms with Crippen molar-refractivity contribution in [2.75, 3.05) is 0 Å². The highest BCUT2D eigenvalue weighted by Crippen LogP contribution is 2.11. The lowest BCUT2D eigenvalue weighted by Crippen LogP contribution is -2.31. The maximum Gasteiger partial charge on any atom is 0.253 e. The van der Waals surface area contributed by atoms with Gasteiger partial charge in [0.15, 0.2) is 0 Å². The van der Waals surface area contributed by atoms with Crippen LogP contribution in [-0.4, -0.2) is 31.1 Å². The van der Waals surface area contributed by atoms with E-state index in [0.29, 0.717) is 11.4 Å². The number of rotatable bonds is 5. The maximum absolute atomic E-state index is 12.1. The number of nitrogens with one attached hydrogen (secondary N) is 2. The third-order valence-electron chi connectivity index (χ3n) is 3.73. The van der Waals surface area contributed by atoms with Crippen LogP contribution in [0.2, 0.25) is 0 Å². The molecule has 8 heteroatoms. The van der Waals surface area contributed by atoms with Crippen LogP contribution in [0, 0.1) is 13.8 Å². The number of tetrazole rings is 1. The van der Waals surface area contributed by atoms with E-state index in [1.807, 2.05) is 50.2 Å². The lowest BCUT2D eigenvalue weighted by molar-refractivity contribution is -0.122. The number of aryl methyl sites for hydroxylation is 2. The van der Waals surface area contributed by atoms with Gasteiger partial charge in [0.1, 0.15) is 6.54 Å². The molecule has 1 amide bonds. The third kappa shape index (κ3) is 3.97. The summed E-state index contributed by atoms with van der Waals surface area (Å²) in [6, 6.07) is 11.3. The van der Waals surface area contributed by atoms with Gasteiger partial charge in [-0.15, -0.1) is 10.2 Å². The standard InChI is InChI=1S/C17H18N6O2/c1-11-8-12(2)19-17(25)14(11)9-18-15(24)10-23-21-16(20-22-23)13-6-4-3-5-7-13/h3-8H,9-10H2,1-2H3,(H,18,24)(H,19,25). The number of aromatic amines is 1. The van der Waals surface area contributed by atoms with E-state index in [9.17, 15) is 9.59 Å². The first-order chi connectivity index (χ1) is 12.0. The summed E-state index contributed by atoms with van der Waals surface area (Å²) in [5.41, 5.74) is 2.80. The molecular formula is C17H18N6O2. The number of aromatic nitrogens is 5. The van der Waals surface area contributed by atoms with Crippen LogP contribution in [-0.2, 0) is 17.9 Å². The number of pyridine rings is 1. The molecule has 8 nitrogen and oxygen atoms in total. The Hall–Kier alpha value is -3.29. The molecule has 0 fully saturated rings. The summed E-state index contributed by atoms with van der Waals surface area (Å²) < 4.78 is 0. The Morgan fingerprint density at radius 2 is 2.00 bits per heavy atom. The number of hydrogen-bond donors (Lipinski definition) is 2. The number of benzene rings is 1. The molecule has 0 aliphatic rings. The lowest BCUT2D eigenvalue weighted by Gasteiger charge is -2.07. The largest absolute Gasteiger partial charge is 0.350 e. The zero-order valence-corrected chi connectivity index (χ0v) is 14.0. The molecule has 2 aromatic heterocycles. The summed E-state index contributed by atoms with van der Waals surface area (Å²) in [5.74, 6) is 0.163. The highest BCUT2D eigenvalue weighted by atomic mass is 16.2. The topological polar surface area (TPSA) is 106 Å². The average Bonchev–Trinajstić information content (AvgIpc) is 3.03. The van der Waals surface area contributed by atoms with Crippen LogP contribution >= 0.6 is 0 Å². The van der Waals surface area contributed by atoms with Gasteiger partial charge in [-0.3, -0.25) is 9.59 Å². The van der Waals surface area contributed by atoms with E-state index < -0.39 is 0 Å². The molecule has 3 rings (SSSR count). The summed E-state index contributed by atoms with van der Waals surface area (Å²) in [5, 5.41) is 14.7. The van der Waals surface area contributed by atoms with E-state index in [0.717, 1.165) is 16.8 Å². The average molecular weight is 338 g/mol. The molecule has 0 radical (unpaired) electrons. The van der Waals surface area contributed by atoms with Crippen LogP contribution in [0.3, 0.4) is 0 Å². The van der Waals surface area contributed by atoms with E-state index in [1.54, 1.807) is 0 Å². The lowest BCUT2D eigenvalue weighted by atomic mass is 10.1. The molecular weight excluding hydrogens is 320 g/mol. The van der Waals surface area contributed by atoms with Crippen LogP contribution < -0.4 is 10.9 Å². The molecule has 0 spiro atoms. The van der Waals surface area contributed by atoms with Crippen molar-refractivity contribution < 1.29 is 4.79 Å². The molecule has 0 aliphatic heterocycles. The predicted octanol–water partition coefficient (Wildman–Crippen LogP) is 0.962. The van der Waals surface area contributed by atoms with Crippen molar-refractivity contribution in [3.63, 3.8) is 0 Å². The highest BCUT2D eigenvalue weighted by molar-refractivity contribution is 5.75. The Bertz CT molecular complexity index is 945. The summed E-state index contributed by atoms with van der Waals surface area (Å²) in [6.07, 6.45) is 0. The van der Waals surface area contributed by atoms with Crippen LogP contribution in [0.4, 0.5) is 0 Å². The van der Waals surface area contributed by atoms with Gasteiger partial charge in [0, 0.05) is 23.4 Å². The molecule has 0 saturated carbocycles. The van der Waals surface area contributed by atoms with Gasteiger partial charge in [0.2, 0.25) is 11.7 Å². The fourth-order valence-corrected chi connectivity index (χ4v) is 2.49. The molecule has 0 atom stereocenters. The molecule has 0 bridgehead atoms. The van der Waals surface area contributed by atoms with Crippen LogP contribution in [0.1, 0.15) is 16.8 Å². The van der Waals surface area contributed by atoms with Crippen LogP contribution in [0.25, 0.3) is 11.4 Å². The first-order valence-corrected chi connectivity index (χ1v) is 7.82. The molecule has 0 saturated heterocycles. The maximum atomic E-state index is 12.1. The van der Waals surface area contributed by atoms with Crippen molar-refractivity contribution in [3.05, 3.63) is 63.6 Å². The molecule has 2 heterocycles. The SMILES string of the molecule is Cc1cc(C)c(CNC(=O)Cn2nnc(-c3ccccc3)n2)c(=O)[nH]1. The first-order valence-electron chi connectivity index (χ1n) is 7.82. The summed E-state index contributed by atoms with van der Waals surface area (Å²) in [4.78, 5) is 28.0. The highest BCUT2D eigenvalue weighted by Gasteiger charge is 2.11. The van der Waals surface area contributed by atoms with Crippen molar-refractivity contribution in [1.82, 2.24) is 30.5 Å². The fourth-order valence-electron chi connectivity index (χ4n) is 2.49. The summed E-state index contributed by atoms with van der Waals surface area (Å²) in [6.45, 7) is 3.75. The Balaban J connectivity index is 1.62. The minimum Gasteiger partial charge on any atom is -0.350 e. The number of amides is 1. The van der Waals surface area contributed by atoms with Gasteiger partial charge >= 0.3 is 0 Å². The molecule has 0 aliphatic carbocycles. The minimum atomic E-state index is -0.295. The van der Waals surface area contributed by atoms with Gasteiger partial charge in [0.05, 0.1) is 0 Å². The predicted molar refractivity (Wildman–Crippen MR) is 91.6 cm³/mol. The second-order valence-corrected chi connectivity index (χ2v) is 5.73. The number of carbonyl (C=O) groups is 1. The minimum absolute atomic E-state index is 0.0668. The Labute approximate surface area is 143 Å². The van der Waals surface area contributed by atoms with E-state index in [2.05, 4.69) is 25.7 Å². The fraction of sp³-hybridized carbons (Fsp3) is 0.235. The van der Waals surface area contributed by atoms with Gasteiger partial charge < -0.3 is 10.3 Å². The molecule has 25 heavy (non-hydrogen) atoms. The van der Waals surface area contributed by atoms with Gasteiger partial charge in [-0.05, 0) is 30.7 Å². The Kier molecular flexibility index (Phi) is 4.69. The van der Waals surface area contributed by atoms with Crippen molar-refractivity contribution in [2.24, 2.45) is 0 Å². The number of nitrogens with zero attached hydrogens (tertiary/aromatic N) is 4. The van der Waals surface area contributed by atoms with E-state index in [1.165, 1.54) is 4.80 Å². The van der Waals surface area contributed by atoms with E-state index in [4.69, 9.17) is 0 Å². The normalized spacial score (nSPS) is 10.6. The van der Waals surface area contributed by atoms with Gasteiger partial charge in [0.25, 0.3) is 5.56 Å². The van der Waals surface area contributed by atoms with E-state index in [-0.39, 0.29) is 24.6 Å². The quantitative estimate of drug-likeness (QED) is 0.721. The second kappa shape index (κ2) is 7.08. The van der Waals surface area contributed by atoms with Crippen LogP contribution in [0.15, 0.2) is 41.2 Å². The summed E-state index contributed by atoms with van der Waals surface area (Å²) >= 11 is 0. The van der Waals surface area contributed by atoms with Crippen molar-refractivity contribution >= 4 is 5.91 Å². The smallest absolute Gasteiger partial charge is 0.253 e. The molecule has 2 N–H and O–H groups in total. The molecule has 128 valence electrons. The molecule has 3 aromatic rings. The van der Waals surface area contributed by atoms with E-state index >= 15 is 0 Å². The zero-order chi connectivity index (χ0) is 17.8. The van der Waals surface area contributed by atoms with Crippen molar-refractivity contribution in [1.29, 1.82) is 0 Å². The molecule has 1 aromatic carbocycles. The van der Waals surface area contributed by atoms with Gasteiger partial charge in [-0.2, -0.15) is 4.80 Å². The van der Waals surface area contributed by atoms with Crippen molar-refractivity contribution in [2.45, 2.75) is 26.9 Å². The van der Waals surface area contributed by atoms with Crippen molar-refractivity contribution in [3.8, 4) is 11.4 Å². The third-order valence-corrected chi connectivity index (χ3v) is 3.73. The first kappa shape index (κ1) is 16.6. The van der Waals surface area contributed by atoms with Gasteiger partial charge in [-0.25, -0.2) is 0 Å². The van der Waals surface area contributed by atoms with Gasteiger partial charge in [-0.1, -0.05) is 30.3 Å². The summed E-state index contributed by atoms with van der Waals surface area (Å²) in [7, 11) is 0. The number of H-pyrrole nitrogens is 1. The monoisotopic (exact) mass is 338 g/mol. The number of carbonyl (C=O) groups excluding carboxylic acids is 1. The second-order valence-electron chi connectivity index (χ2n) is 5.73. The van der Waals surface area contributed by atoms with Crippen LogP contribution in [0.5, 0.6) is 0 Å². The molecule has 0 unspecified atom stereocenters. The Morgan fingerprint density at radius 1 is 1.24 bits per heavy atom. The Morgan fingerprint density at radius 3 is 2.72 bits per heavy atom. The number of hydrogen-bond acceptors (Lipinski definition) is 5. The zero-order valence-electron chi connectivity index (χ0n) is 14.0.